The van der Waals surface area contributed by atoms with Gasteiger partial charge in [-0.05, 0) is 48.5 Å². The Morgan fingerprint density at radius 2 is 2.03 bits per heavy atom. The summed E-state index contributed by atoms with van der Waals surface area (Å²) in [5.74, 6) is 0. The van der Waals surface area contributed by atoms with Crippen molar-refractivity contribution in [1.29, 1.82) is 5.26 Å². The highest BCUT2D eigenvalue weighted by Crippen LogP contribution is 2.25. The molecule has 2 heterocycles. The number of hydrazone groups is 1. The zero-order chi connectivity index (χ0) is 20.4. The van der Waals surface area contributed by atoms with Gasteiger partial charge in [0.15, 0.2) is 10.7 Å². The second-order valence-electron chi connectivity index (χ2n) is 5.86. The Morgan fingerprint density at radius 3 is 2.79 bits per heavy atom. The number of hydrogen-bond donors (Lipinski definition) is 1. The molecular formula is C20H10BrClN4O2S. The molecule has 0 aliphatic heterocycles. The first kappa shape index (κ1) is 19.3. The van der Waals surface area contributed by atoms with Crippen molar-refractivity contribution in [3.63, 3.8) is 0 Å². The van der Waals surface area contributed by atoms with Crippen LogP contribution >= 0.6 is 38.9 Å². The molecule has 9 heteroatoms. The molecule has 1 N–H and O–H groups in total. The Hall–Kier alpha value is -2.99. The summed E-state index contributed by atoms with van der Waals surface area (Å²) in [6.45, 7) is 0. The number of nitriles is 1. The van der Waals surface area contributed by atoms with Crippen molar-refractivity contribution < 1.29 is 4.42 Å². The fraction of sp³-hybridized carbons (Fsp3) is 0. The van der Waals surface area contributed by atoms with Crippen molar-refractivity contribution in [1.82, 2.24) is 4.98 Å². The molecule has 0 saturated heterocycles. The molecule has 29 heavy (non-hydrogen) atoms. The standard InChI is InChI=1S/C20H10BrClN4O2S/c21-12-1-6-18-11(7-12)8-15(20(27)28-18)17-10-29-19(24-17)16(9-23)26-25-14-4-2-13(22)3-5-14/h1-8,10,25H/b26-16+. The summed E-state index contributed by atoms with van der Waals surface area (Å²) >= 11 is 10.5. The van der Waals surface area contributed by atoms with Crippen LogP contribution in [0.25, 0.3) is 22.2 Å². The molecule has 4 rings (SSSR count). The lowest BCUT2D eigenvalue weighted by atomic mass is 10.1. The quantitative estimate of drug-likeness (QED) is 0.228. The van der Waals surface area contributed by atoms with Crippen molar-refractivity contribution in [3.8, 4) is 17.3 Å². The fourth-order valence-electron chi connectivity index (χ4n) is 2.54. The maximum Gasteiger partial charge on any atom is 0.345 e. The first-order valence-corrected chi connectivity index (χ1v) is 10.3. The molecule has 0 aliphatic rings. The lowest BCUT2D eigenvalue weighted by molar-refractivity contribution is 0.563. The van der Waals surface area contributed by atoms with E-state index in [9.17, 15) is 10.1 Å². The fourth-order valence-corrected chi connectivity index (χ4v) is 3.81. The number of halogens is 2. The molecule has 0 fully saturated rings. The summed E-state index contributed by atoms with van der Waals surface area (Å²) in [5.41, 5.74) is 4.32. The monoisotopic (exact) mass is 484 g/mol. The number of aromatic nitrogens is 1. The largest absolute Gasteiger partial charge is 0.422 e. The predicted octanol–water partition coefficient (Wildman–Crippen LogP) is 5.67. The lowest BCUT2D eigenvalue weighted by Crippen LogP contribution is -2.04. The van der Waals surface area contributed by atoms with E-state index in [2.05, 4.69) is 31.4 Å². The first-order chi connectivity index (χ1) is 14.0. The van der Waals surface area contributed by atoms with Crippen molar-refractivity contribution in [2.24, 2.45) is 5.10 Å². The molecular weight excluding hydrogens is 476 g/mol. The van der Waals surface area contributed by atoms with Crippen LogP contribution in [0.4, 0.5) is 5.69 Å². The third-order valence-corrected chi connectivity index (χ3v) is 5.52. The van der Waals surface area contributed by atoms with E-state index in [1.807, 2.05) is 12.1 Å². The summed E-state index contributed by atoms with van der Waals surface area (Å²) in [7, 11) is 0. The van der Waals surface area contributed by atoms with E-state index >= 15 is 0 Å². The molecule has 0 amide bonds. The van der Waals surface area contributed by atoms with Gasteiger partial charge in [-0.25, -0.2) is 9.78 Å². The van der Waals surface area contributed by atoms with Gasteiger partial charge < -0.3 is 4.42 Å². The van der Waals surface area contributed by atoms with Crippen LogP contribution in [0.1, 0.15) is 5.01 Å². The van der Waals surface area contributed by atoms with Gasteiger partial charge >= 0.3 is 5.63 Å². The molecule has 2 aromatic carbocycles. The van der Waals surface area contributed by atoms with Crippen LogP contribution in [0.15, 0.2) is 72.7 Å². The second-order valence-corrected chi connectivity index (χ2v) is 8.07. The molecule has 0 unspecified atom stereocenters. The minimum absolute atomic E-state index is 0.101. The number of hydrogen-bond acceptors (Lipinski definition) is 7. The maximum atomic E-state index is 12.4. The molecule has 0 saturated carbocycles. The third kappa shape index (κ3) is 4.22. The Balaban J connectivity index is 1.66. The molecule has 0 aliphatic carbocycles. The summed E-state index contributed by atoms with van der Waals surface area (Å²) in [6, 6.07) is 16.0. The molecule has 0 spiro atoms. The highest BCUT2D eigenvalue weighted by Gasteiger charge is 2.15. The van der Waals surface area contributed by atoms with Crippen LogP contribution in [-0.4, -0.2) is 10.7 Å². The molecule has 0 bridgehead atoms. The van der Waals surface area contributed by atoms with Gasteiger partial charge in [-0.2, -0.15) is 10.4 Å². The van der Waals surface area contributed by atoms with Crippen molar-refractivity contribution in [3.05, 3.63) is 78.8 Å². The van der Waals surface area contributed by atoms with Gasteiger partial charge in [-0.15, -0.1) is 11.3 Å². The molecule has 0 radical (unpaired) electrons. The van der Waals surface area contributed by atoms with Crippen LogP contribution in [0.5, 0.6) is 0 Å². The summed E-state index contributed by atoms with van der Waals surface area (Å²) in [4.78, 5) is 16.8. The van der Waals surface area contributed by atoms with Crippen LogP contribution < -0.4 is 11.1 Å². The smallest absolute Gasteiger partial charge is 0.345 e. The van der Waals surface area contributed by atoms with Gasteiger partial charge in [0.2, 0.25) is 0 Å². The Bertz CT molecular complexity index is 1340. The average molecular weight is 486 g/mol. The molecule has 142 valence electrons. The zero-order valence-electron chi connectivity index (χ0n) is 14.5. The van der Waals surface area contributed by atoms with E-state index in [0.29, 0.717) is 32.6 Å². The van der Waals surface area contributed by atoms with Crippen LogP contribution in [-0.2, 0) is 0 Å². The minimum Gasteiger partial charge on any atom is -0.422 e. The lowest BCUT2D eigenvalue weighted by Gasteiger charge is -2.01. The number of fused-ring (bicyclic) bond motifs is 1. The SMILES string of the molecule is N#C/C(=N\Nc1ccc(Cl)cc1)c1nc(-c2cc3cc(Br)ccc3oc2=O)cs1. The van der Waals surface area contributed by atoms with Crippen LogP contribution in [0.2, 0.25) is 5.02 Å². The zero-order valence-corrected chi connectivity index (χ0v) is 17.7. The Kier molecular flexibility index (Phi) is 5.45. The highest BCUT2D eigenvalue weighted by atomic mass is 79.9. The number of rotatable bonds is 4. The first-order valence-electron chi connectivity index (χ1n) is 8.22. The van der Waals surface area contributed by atoms with Gasteiger partial charge in [0.25, 0.3) is 0 Å². The van der Waals surface area contributed by atoms with Gasteiger partial charge in [-0.3, -0.25) is 5.43 Å². The van der Waals surface area contributed by atoms with Gasteiger partial charge in [0.1, 0.15) is 11.7 Å². The Labute approximate surface area is 182 Å². The van der Waals surface area contributed by atoms with E-state index in [1.165, 1.54) is 11.3 Å². The van der Waals surface area contributed by atoms with Gasteiger partial charge in [0.05, 0.1) is 16.9 Å². The number of benzene rings is 2. The topological polar surface area (TPSA) is 91.3 Å². The summed E-state index contributed by atoms with van der Waals surface area (Å²) in [5, 5.41) is 17.0. The van der Waals surface area contributed by atoms with Gasteiger partial charge in [-0.1, -0.05) is 27.5 Å². The number of thiazole rings is 1. The van der Waals surface area contributed by atoms with Crippen LogP contribution in [0.3, 0.4) is 0 Å². The minimum atomic E-state index is -0.494. The molecule has 2 aromatic heterocycles. The van der Waals surface area contributed by atoms with E-state index in [0.717, 1.165) is 9.86 Å². The third-order valence-electron chi connectivity index (χ3n) is 3.92. The second kappa shape index (κ2) is 8.17. The number of anilines is 1. The highest BCUT2D eigenvalue weighted by molar-refractivity contribution is 9.10. The average Bonchev–Trinajstić information content (AvgIpc) is 3.19. The van der Waals surface area contributed by atoms with E-state index in [4.69, 9.17) is 16.0 Å². The number of nitrogens with zero attached hydrogens (tertiary/aromatic N) is 3. The molecule has 4 aromatic rings. The van der Waals surface area contributed by atoms with Crippen molar-refractivity contribution >= 4 is 61.2 Å². The molecule has 6 nitrogen and oxygen atoms in total. The number of nitrogens with one attached hydrogen (secondary N) is 1. The van der Waals surface area contributed by atoms with E-state index in [1.54, 1.807) is 47.8 Å². The van der Waals surface area contributed by atoms with E-state index < -0.39 is 5.63 Å². The predicted molar refractivity (Wildman–Crippen MR) is 119 cm³/mol. The summed E-state index contributed by atoms with van der Waals surface area (Å²) in [6.07, 6.45) is 0. The van der Waals surface area contributed by atoms with Crippen molar-refractivity contribution in [2.45, 2.75) is 0 Å². The summed E-state index contributed by atoms with van der Waals surface area (Å²) < 4.78 is 6.25. The normalized spacial score (nSPS) is 11.4. The van der Waals surface area contributed by atoms with Gasteiger partial charge in [0, 0.05) is 20.3 Å². The van der Waals surface area contributed by atoms with Crippen molar-refractivity contribution in [2.75, 3.05) is 5.43 Å². The molecule has 0 atom stereocenters. The Morgan fingerprint density at radius 1 is 1.24 bits per heavy atom. The van der Waals surface area contributed by atoms with Crippen LogP contribution in [0, 0.1) is 11.3 Å². The van der Waals surface area contributed by atoms with E-state index in [-0.39, 0.29) is 5.71 Å². The maximum absolute atomic E-state index is 12.4.